The number of benzene rings is 1. The molecule has 1 aromatic carbocycles. The molecule has 2 heteroatoms. The van der Waals surface area contributed by atoms with Gasteiger partial charge in [-0.1, -0.05) is 43.2 Å². The van der Waals surface area contributed by atoms with Crippen LogP contribution in [0.4, 0.5) is 0 Å². The summed E-state index contributed by atoms with van der Waals surface area (Å²) in [6, 6.07) is 11.4. The number of nitrogens with two attached hydrogens (primary N) is 1. The average Bonchev–Trinajstić information content (AvgIpc) is 3.00. The molecule has 0 saturated heterocycles. The van der Waals surface area contributed by atoms with Crippen molar-refractivity contribution in [2.24, 2.45) is 11.8 Å². The Kier molecular flexibility index (Phi) is 2.93. The molecule has 0 radical (unpaired) electrons. The van der Waals surface area contributed by atoms with E-state index >= 15 is 0 Å². The summed E-state index contributed by atoms with van der Waals surface area (Å²) in [7, 11) is 0. The third-order valence-corrected chi connectivity index (χ3v) is 4.78. The van der Waals surface area contributed by atoms with Gasteiger partial charge in [0.1, 0.15) is 0 Å². The monoisotopic (exact) mass is 230 g/mol. The molecule has 1 unspecified atom stereocenters. The number of hydrogen-bond acceptors (Lipinski definition) is 2. The van der Waals surface area contributed by atoms with Crippen LogP contribution in [0.3, 0.4) is 0 Å². The van der Waals surface area contributed by atoms with Crippen LogP contribution in [0.1, 0.15) is 44.1 Å². The minimum Gasteiger partial charge on any atom is -0.271 e. The normalized spacial score (nSPS) is 24.8. The topological polar surface area (TPSA) is 38.0 Å². The molecular formula is C15H22N2. The van der Waals surface area contributed by atoms with Crippen LogP contribution in [0, 0.1) is 5.92 Å². The van der Waals surface area contributed by atoms with Gasteiger partial charge in [0.05, 0.1) is 0 Å². The molecule has 0 aromatic heterocycles. The molecule has 0 amide bonds. The molecule has 3 rings (SSSR count). The summed E-state index contributed by atoms with van der Waals surface area (Å²) in [5, 5.41) is 0. The zero-order valence-corrected chi connectivity index (χ0v) is 10.4. The van der Waals surface area contributed by atoms with Crippen molar-refractivity contribution in [1.82, 2.24) is 5.43 Å². The maximum absolute atomic E-state index is 5.87. The Hall–Kier alpha value is -0.860. The zero-order valence-electron chi connectivity index (χ0n) is 10.4. The second-order valence-electron chi connectivity index (χ2n) is 5.71. The first-order valence-corrected chi connectivity index (χ1v) is 6.88. The molecule has 1 atom stereocenters. The van der Waals surface area contributed by atoms with Gasteiger partial charge < -0.3 is 0 Å². The van der Waals surface area contributed by atoms with Crippen LogP contribution in [0.25, 0.3) is 0 Å². The van der Waals surface area contributed by atoms with E-state index in [2.05, 4.69) is 35.8 Å². The minimum atomic E-state index is 0.338. The predicted molar refractivity (Wildman–Crippen MR) is 70.4 cm³/mol. The van der Waals surface area contributed by atoms with Crippen LogP contribution in [0.5, 0.6) is 0 Å². The molecular weight excluding hydrogens is 208 g/mol. The summed E-state index contributed by atoms with van der Waals surface area (Å²) >= 11 is 0. The van der Waals surface area contributed by atoms with E-state index in [4.69, 9.17) is 5.84 Å². The van der Waals surface area contributed by atoms with E-state index < -0.39 is 0 Å². The SMILES string of the molecule is NNC(C1CCCC1)C1(c2ccccc2)CC1. The lowest BCUT2D eigenvalue weighted by Crippen LogP contribution is -2.48. The molecule has 2 fully saturated rings. The predicted octanol–water partition coefficient (Wildman–Crippen LogP) is 2.74. The van der Waals surface area contributed by atoms with Gasteiger partial charge in [-0.25, -0.2) is 0 Å². The second-order valence-corrected chi connectivity index (χ2v) is 5.71. The summed E-state index contributed by atoms with van der Waals surface area (Å²) in [5.74, 6) is 6.65. The fraction of sp³-hybridized carbons (Fsp3) is 0.600. The van der Waals surface area contributed by atoms with E-state index in [-0.39, 0.29) is 0 Å². The average molecular weight is 230 g/mol. The van der Waals surface area contributed by atoms with Crippen molar-refractivity contribution in [2.75, 3.05) is 0 Å². The highest BCUT2D eigenvalue weighted by Crippen LogP contribution is 2.54. The van der Waals surface area contributed by atoms with Gasteiger partial charge in [-0.2, -0.15) is 0 Å². The molecule has 3 N–H and O–H groups in total. The lowest BCUT2D eigenvalue weighted by Gasteiger charge is -2.32. The molecule has 17 heavy (non-hydrogen) atoms. The van der Waals surface area contributed by atoms with Crippen LogP contribution in [-0.2, 0) is 5.41 Å². The summed E-state index contributed by atoms with van der Waals surface area (Å²) in [6.45, 7) is 0. The van der Waals surface area contributed by atoms with Crippen molar-refractivity contribution >= 4 is 0 Å². The van der Waals surface area contributed by atoms with Crippen LogP contribution >= 0.6 is 0 Å². The van der Waals surface area contributed by atoms with Crippen LogP contribution in [0.15, 0.2) is 30.3 Å². The lowest BCUT2D eigenvalue weighted by atomic mass is 9.80. The standard InChI is InChI=1S/C15H22N2/c16-17-14(12-6-4-5-7-12)15(10-11-15)13-8-2-1-3-9-13/h1-3,8-9,12,14,17H,4-7,10-11,16H2. The lowest BCUT2D eigenvalue weighted by molar-refractivity contribution is 0.299. The van der Waals surface area contributed by atoms with Crippen molar-refractivity contribution < 1.29 is 0 Å². The van der Waals surface area contributed by atoms with Crippen LogP contribution in [0.2, 0.25) is 0 Å². The largest absolute Gasteiger partial charge is 0.271 e. The van der Waals surface area contributed by atoms with Gasteiger partial charge in [0, 0.05) is 11.5 Å². The smallest absolute Gasteiger partial charge is 0.0335 e. The maximum Gasteiger partial charge on any atom is 0.0335 e. The van der Waals surface area contributed by atoms with Gasteiger partial charge >= 0.3 is 0 Å². The third kappa shape index (κ3) is 1.90. The van der Waals surface area contributed by atoms with Crippen molar-refractivity contribution in [3.8, 4) is 0 Å². The first-order valence-electron chi connectivity index (χ1n) is 6.88. The van der Waals surface area contributed by atoms with Gasteiger partial charge in [0.2, 0.25) is 0 Å². The Labute approximate surface area is 104 Å². The zero-order chi connectivity index (χ0) is 11.7. The minimum absolute atomic E-state index is 0.338. The van der Waals surface area contributed by atoms with E-state index in [9.17, 15) is 0 Å². The van der Waals surface area contributed by atoms with Gasteiger partial charge in [-0.15, -0.1) is 0 Å². The summed E-state index contributed by atoms with van der Waals surface area (Å²) in [5.41, 5.74) is 4.96. The maximum atomic E-state index is 5.87. The molecule has 2 nitrogen and oxygen atoms in total. The fourth-order valence-electron chi connectivity index (χ4n) is 3.72. The van der Waals surface area contributed by atoms with Crippen LogP contribution in [-0.4, -0.2) is 6.04 Å². The van der Waals surface area contributed by atoms with Gasteiger partial charge in [-0.3, -0.25) is 11.3 Å². The Bertz CT molecular complexity index is 364. The summed E-state index contributed by atoms with van der Waals surface area (Å²) < 4.78 is 0. The summed E-state index contributed by atoms with van der Waals surface area (Å²) in [4.78, 5) is 0. The Balaban J connectivity index is 1.86. The van der Waals surface area contributed by atoms with Crippen molar-refractivity contribution in [1.29, 1.82) is 0 Å². The number of hydrogen-bond donors (Lipinski definition) is 2. The molecule has 2 saturated carbocycles. The van der Waals surface area contributed by atoms with Crippen molar-refractivity contribution in [3.63, 3.8) is 0 Å². The molecule has 0 heterocycles. The second kappa shape index (κ2) is 4.43. The highest BCUT2D eigenvalue weighted by molar-refractivity contribution is 5.34. The number of nitrogens with one attached hydrogen (secondary N) is 1. The first-order chi connectivity index (χ1) is 8.37. The Morgan fingerprint density at radius 2 is 1.76 bits per heavy atom. The number of rotatable bonds is 4. The molecule has 1 aromatic rings. The van der Waals surface area contributed by atoms with E-state index in [1.807, 2.05) is 0 Å². The van der Waals surface area contributed by atoms with Crippen LogP contribution < -0.4 is 11.3 Å². The Morgan fingerprint density at radius 1 is 1.12 bits per heavy atom. The molecule has 2 aliphatic carbocycles. The van der Waals surface area contributed by atoms with E-state index in [0.717, 1.165) is 5.92 Å². The van der Waals surface area contributed by atoms with Gasteiger partial charge in [0.15, 0.2) is 0 Å². The van der Waals surface area contributed by atoms with Gasteiger partial charge in [0.25, 0.3) is 0 Å². The molecule has 0 aliphatic heterocycles. The fourth-order valence-corrected chi connectivity index (χ4v) is 3.72. The Morgan fingerprint density at radius 3 is 2.29 bits per heavy atom. The van der Waals surface area contributed by atoms with E-state index in [0.29, 0.717) is 11.5 Å². The third-order valence-electron chi connectivity index (χ3n) is 4.78. The first kappa shape index (κ1) is 11.2. The number of hydrazine groups is 1. The van der Waals surface area contributed by atoms with E-state index in [1.54, 1.807) is 0 Å². The highest BCUT2D eigenvalue weighted by Gasteiger charge is 2.52. The quantitative estimate of drug-likeness (QED) is 0.616. The molecule has 2 aliphatic rings. The molecule has 0 spiro atoms. The summed E-state index contributed by atoms with van der Waals surface area (Å²) in [6.07, 6.45) is 8.05. The van der Waals surface area contributed by atoms with Crippen molar-refractivity contribution in [2.45, 2.75) is 50.0 Å². The molecule has 92 valence electrons. The molecule has 0 bridgehead atoms. The van der Waals surface area contributed by atoms with E-state index in [1.165, 1.54) is 44.1 Å². The van der Waals surface area contributed by atoms with Gasteiger partial charge in [-0.05, 0) is 37.2 Å². The van der Waals surface area contributed by atoms with Crippen molar-refractivity contribution in [3.05, 3.63) is 35.9 Å². The highest BCUT2D eigenvalue weighted by atomic mass is 15.2.